The fourth-order valence-electron chi connectivity index (χ4n) is 2.31. The Morgan fingerprint density at radius 1 is 1.19 bits per heavy atom. The fraction of sp³-hybridized carbons (Fsp3) is 0.286. The zero-order valence-corrected chi connectivity index (χ0v) is 17.5. The lowest BCUT2D eigenvalue weighted by atomic mass is 9.80. The highest BCUT2D eigenvalue weighted by molar-refractivity contribution is 6.58. The molecule has 0 aliphatic rings. The van der Waals surface area contributed by atoms with Gasteiger partial charge in [-0.3, -0.25) is 9.59 Å². The molecule has 0 aliphatic heterocycles. The quantitative estimate of drug-likeness (QED) is 0.236. The number of carbonyl (C=O) groups is 2. The van der Waals surface area contributed by atoms with Crippen LogP contribution in [0.1, 0.15) is 26.3 Å². The summed E-state index contributed by atoms with van der Waals surface area (Å²) in [6.07, 6.45) is 0.451. The maximum absolute atomic E-state index is 12.8. The van der Waals surface area contributed by atoms with Crippen LogP contribution >= 0.6 is 0 Å². The van der Waals surface area contributed by atoms with Crippen molar-refractivity contribution < 1.29 is 28.4 Å². The first-order valence-electron chi connectivity index (χ1n) is 9.42. The molecule has 2 aromatic carbocycles. The number of hydrogen-bond acceptors (Lipinski definition) is 6. The van der Waals surface area contributed by atoms with Gasteiger partial charge in [0.25, 0.3) is 5.92 Å². The molecule has 0 spiro atoms. The lowest BCUT2D eigenvalue weighted by Gasteiger charge is -2.11. The molecule has 0 aromatic heterocycles. The number of ketones is 1. The second-order valence-corrected chi connectivity index (χ2v) is 6.95. The molecule has 166 valence electrons. The van der Waals surface area contributed by atoms with Crippen LogP contribution < -0.4 is 16.1 Å². The SMILES string of the molecule is CC(=N)C(C)C(=O)CNc1ccc(B(O)O)cc1.CC(F)(F)c1cccc(NC=O)c1. The van der Waals surface area contributed by atoms with Crippen molar-refractivity contribution >= 4 is 41.9 Å². The third-order valence-electron chi connectivity index (χ3n) is 4.40. The minimum absolute atomic E-state index is 0.0474. The van der Waals surface area contributed by atoms with E-state index < -0.39 is 13.0 Å². The molecular weight excluding hydrogens is 407 g/mol. The topological polar surface area (TPSA) is 123 Å². The maximum Gasteiger partial charge on any atom is 0.488 e. The van der Waals surface area contributed by atoms with E-state index in [1.165, 1.54) is 18.2 Å². The Morgan fingerprint density at radius 2 is 1.81 bits per heavy atom. The van der Waals surface area contributed by atoms with Gasteiger partial charge in [-0.15, -0.1) is 0 Å². The Morgan fingerprint density at radius 3 is 2.29 bits per heavy atom. The summed E-state index contributed by atoms with van der Waals surface area (Å²) < 4.78 is 25.5. The third-order valence-corrected chi connectivity index (χ3v) is 4.40. The first kappa shape index (κ1) is 25.9. The number of anilines is 2. The van der Waals surface area contributed by atoms with Crippen molar-refractivity contribution in [2.75, 3.05) is 17.2 Å². The lowest BCUT2D eigenvalue weighted by molar-refractivity contribution is -0.118. The van der Waals surface area contributed by atoms with Crippen molar-refractivity contribution in [3.63, 3.8) is 0 Å². The molecular formula is C21H26BF2N3O4. The summed E-state index contributed by atoms with van der Waals surface area (Å²) in [5.74, 6) is -3.30. The number of nitrogens with one attached hydrogen (secondary N) is 3. The van der Waals surface area contributed by atoms with Gasteiger partial charge in [0, 0.05) is 29.6 Å². The van der Waals surface area contributed by atoms with Crippen molar-refractivity contribution in [1.82, 2.24) is 0 Å². The summed E-state index contributed by atoms with van der Waals surface area (Å²) in [5, 5.41) is 30.5. The van der Waals surface area contributed by atoms with Crippen LogP contribution in [0.5, 0.6) is 0 Å². The highest BCUT2D eigenvalue weighted by atomic mass is 19.3. The third kappa shape index (κ3) is 9.06. The van der Waals surface area contributed by atoms with Crippen LogP contribution in [0, 0.1) is 11.3 Å². The van der Waals surface area contributed by atoms with E-state index >= 15 is 0 Å². The van der Waals surface area contributed by atoms with Gasteiger partial charge in [-0.2, -0.15) is 0 Å². The molecule has 1 amide bonds. The monoisotopic (exact) mass is 433 g/mol. The maximum atomic E-state index is 12.8. The Bertz CT molecular complexity index is 887. The summed E-state index contributed by atoms with van der Waals surface area (Å²) in [5.41, 5.74) is 1.73. The van der Waals surface area contributed by atoms with E-state index in [9.17, 15) is 18.4 Å². The van der Waals surface area contributed by atoms with Crippen LogP contribution in [-0.2, 0) is 15.5 Å². The lowest BCUT2D eigenvalue weighted by Crippen LogP contribution is -2.29. The molecule has 31 heavy (non-hydrogen) atoms. The first-order chi connectivity index (χ1) is 14.5. The Balaban J connectivity index is 0.000000327. The van der Waals surface area contributed by atoms with Gasteiger partial charge < -0.3 is 26.1 Å². The molecule has 1 unspecified atom stereocenters. The van der Waals surface area contributed by atoms with Gasteiger partial charge in [0.05, 0.1) is 12.5 Å². The van der Waals surface area contributed by atoms with E-state index in [1.54, 1.807) is 44.2 Å². The van der Waals surface area contributed by atoms with Crippen LogP contribution in [-0.4, -0.2) is 41.6 Å². The minimum Gasteiger partial charge on any atom is -0.423 e. The predicted octanol–water partition coefficient (Wildman–Crippen LogP) is 2.39. The van der Waals surface area contributed by atoms with Crippen molar-refractivity contribution in [1.29, 1.82) is 5.41 Å². The van der Waals surface area contributed by atoms with Gasteiger partial charge in [0.1, 0.15) is 0 Å². The summed E-state index contributed by atoms with van der Waals surface area (Å²) >= 11 is 0. The van der Waals surface area contributed by atoms with Crippen molar-refractivity contribution in [2.45, 2.75) is 26.7 Å². The summed E-state index contributed by atoms with van der Waals surface area (Å²) in [7, 11) is -1.48. The van der Waals surface area contributed by atoms with E-state index in [-0.39, 0.29) is 23.8 Å². The van der Waals surface area contributed by atoms with Crippen molar-refractivity contribution in [2.24, 2.45) is 5.92 Å². The molecule has 7 nitrogen and oxygen atoms in total. The molecule has 0 heterocycles. The molecule has 2 aromatic rings. The van der Waals surface area contributed by atoms with Crippen LogP contribution in [0.15, 0.2) is 48.5 Å². The van der Waals surface area contributed by atoms with Crippen molar-refractivity contribution in [3.05, 3.63) is 54.1 Å². The van der Waals surface area contributed by atoms with Gasteiger partial charge in [-0.05, 0) is 36.7 Å². The van der Waals surface area contributed by atoms with Crippen LogP contribution in [0.2, 0.25) is 0 Å². The molecule has 0 saturated heterocycles. The zero-order chi connectivity index (χ0) is 23.6. The van der Waals surface area contributed by atoms with E-state index in [1.807, 2.05) is 0 Å². The summed E-state index contributed by atoms with van der Waals surface area (Å²) in [4.78, 5) is 21.7. The predicted molar refractivity (Wildman–Crippen MR) is 118 cm³/mol. The Labute approximate surface area is 180 Å². The smallest absolute Gasteiger partial charge is 0.423 e. The summed E-state index contributed by atoms with van der Waals surface area (Å²) in [6, 6.07) is 12.1. The van der Waals surface area contributed by atoms with E-state index in [4.69, 9.17) is 15.5 Å². The Kier molecular flexibility index (Phi) is 9.97. The molecule has 10 heteroatoms. The number of halogens is 2. The fourth-order valence-corrected chi connectivity index (χ4v) is 2.31. The highest BCUT2D eigenvalue weighted by Gasteiger charge is 2.24. The molecule has 0 radical (unpaired) electrons. The van der Waals surface area contributed by atoms with Gasteiger partial charge in [0.15, 0.2) is 5.78 Å². The normalized spacial score (nSPS) is 11.5. The number of carbonyl (C=O) groups excluding carboxylic acids is 2. The first-order valence-corrected chi connectivity index (χ1v) is 9.42. The molecule has 0 saturated carbocycles. The van der Waals surface area contributed by atoms with Crippen LogP contribution in [0.4, 0.5) is 20.2 Å². The molecule has 0 aliphatic carbocycles. The summed E-state index contributed by atoms with van der Waals surface area (Å²) in [6.45, 7) is 4.28. The average Bonchev–Trinajstić information content (AvgIpc) is 2.72. The van der Waals surface area contributed by atoms with Gasteiger partial charge >= 0.3 is 7.12 Å². The zero-order valence-electron chi connectivity index (χ0n) is 17.5. The number of rotatable bonds is 9. The second-order valence-electron chi connectivity index (χ2n) is 6.95. The largest absolute Gasteiger partial charge is 0.488 e. The van der Waals surface area contributed by atoms with E-state index in [0.29, 0.717) is 23.3 Å². The minimum atomic E-state index is -2.87. The second kappa shape index (κ2) is 11.9. The number of benzene rings is 2. The number of alkyl halides is 2. The van der Waals surface area contributed by atoms with Crippen LogP contribution in [0.25, 0.3) is 0 Å². The van der Waals surface area contributed by atoms with Gasteiger partial charge in [-0.1, -0.05) is 31.2 Å². The molecule has 0 fully saturated rings. The molecule has 1 atom stereocenters. The van der Waals surface area contributed by atoms with Crippen molar-refractivity contribution in [3.8, 4) is 0 Å². The highest BCUT2D eigenvalue weighted by Crippen LogP contribution is 2.28. The van der Waals surface area contributed by atoms with Crippen LogP contribution in [0.3, 0.4) is 0 Å². The van der Waals surface area contributed by atoms with E-state index in [0.717, 1.165) is 12.6 Å². The standard InChI is InChI=1S/C12H17BN2O3.C9H9F2NO/c1-8(9(2)14)12(16)7-15-11-5-3-10(4-6-11)13(17)18;1-9(10,11)7-3-2-4-8(5-7)12-6-13/h3-6,8,14-15,17-18H,7H2,1-2H3;2-6H,1H3,(H,12,13). The number of Topliss-reactive ketones (excluding diaryl/α,β-unsaturated/α-hetero) is 1. The Hall–Kier alpha value is -3.11. The molecule has 5 N–H and O–H groups in total. The average molecular weight is 433 g/mol. The number of amides is 1. The molecule has 2 rings (SSSR count). The van der Waals surface area contributed by atoms with Gasteiger partial charge in [0.2, 0.25) is 6.41 Å². The van der Waals surface area contributed by atoms with E-state index in [2.05, 4.69) is 10.6 Å². The van der Waals surface area contributed by atoms with Gasteiger partial charge in [-0.25, -0.2) is 8.78 Å². The molecule has 0 bridgehead atoms. The number of hydrogen-bond donors (Lipinski definition) is 5.